The third-order valence-electron chi connectivity index (χ3n) is 3.27. The number of ether oxygens (including phenoxy) is 2. The highest BCUT2D eigenvalue weighted by Gasteiger charge is 2.41. The molecule has 2 aliphatic heterocycles. The molecule has 17 heavy (non-hydrogen) atoms. The number of rotatable bonds is 1. The van der Waals surface area contributed by atoms with E-state index in [9.17, 15) is 0 Å². The summed E-state index contributed by atoms with van der Waals surface area (Å²) in [5, 5.41) is 0.683. The molecule has 0 amide bonds. The average molecular weight is 255 g/mol. The molecular formula is C12H15ClN2O2. The Hall–Kier alpha value is -0.840. The molecule has 1 aromatic heterocycles. The number of piperidine rings is 1. The normalized spacial score (nSPS) is 23.2. The van der Waals surface area contributed by atoms with Crippen LogP contribution in [-0.2, 0) is 9.47 Å². The standard InChI is InChI=1S/C12H15ClN2O2/c13-10-3-1-5-14-11(10)15-6-2-4-12(9-15)16-7-8-17-12/h1,3,5H,2,4,6-9H2. The van der Waals surface area contributed by atoms with Crippen LogP contribution in [0.4, 0.5) is 5.82 Å². The molecule has 2 fully saturated rings. The molecule has 0 atom stereocenters. The van der Waals surface area contributed by atoms with Crippen molar-refractivity contribution in [2.24, 2.45) is 0 Å². The van der Waals surface area contributed by atoms with Crippen LogP contribution < -0.4 is 4.90 Å². The van der Waals surface area contributed by atoms with Crippen LogP contribution in [0.15, 0.2) is 18.3 Å². The summed E-state index contributed by atoms with van der Waals surface area (Å²) in [6.07, 6.45) is 3.75. The molecule has 0 N–H and O–H groups in total. The molecule has 0 unspecified atom stereocenters. The van der Waals surface area contributed by atoms with Gasteiger partial charge in [0.25, 0.3) is 0 Å². The summed E-state index contributed by atoms with van der Waals surface area (Å²) in [6.45, 7) is 3.03. The smallest absolute Gasteiger partial charge is 0.186 e. The van der Waals surface area contributed by atoms with E-state index < -0.39 is 5.79 Å². The second-order valence-electron chi connectivity index (χ2n) is 4.44. The highest BCUT2D eigenvalue weighted by Crippen LogP contribution is 2.33. The minimum atomic E-state index is -0.431. The van der Waals surface area contributed by atoms with E-state index in [4.69, 9.17) is 21.1 Å². The van der Waals surface area contributed by atoms with Crippen molar-refractivity contribution in [1.82, 2.24) is 4.98 Å². The first-order chi connectivity index (χ1) is 8.29. The largest absolute Gasteiger partial charge is 0.350 e. The van der Waals surface area contributed by atoms with Gasteiger partial charge in [-0.25, -0.2) is 4.98 Å². The summed E-state index contributed by atoms with van der Waals surface area (Å²) in [7, 11) is 0. The van der Waals surface area contributed by atoms with E-state index in [1.165, 1.54) is 0 Å². The summed E-state index contributed by atoms with van der Waals surface area (Å²) in [4.78, 5) is 6.49. The minimum Gasteiger partial charge on any atom is -0.350 e. The molecule has 5 heteroatoms. The molecule has 92 valence electrons. The van der Waals surface area contributed by atoms with Gasteiger partial charge in [-0.15, -0.1) is 0 Å². The first kappa shape index (κ1) is 11.3. The van der Waals surface area contributed by atoms with E-state index in [0.29, 0.717) is 24.8 Å². The van der Waals surface area contributed by atoms with E-state index in [1.807, 2.05) is 12.1 Å². The molecule has 0 aromatic carbocycles. The maximum atomic E-state index is 6.17. The average Bonchev–Trinajstić information content (AvgIpc) is 2.78. The highest BCUT2D eigenvalue weighted by atomic mass is 35.5. The van der Waals surface area contributed by atoms with Gasteiger partial charge < -0.3 is 14.4 Å². The van der Waals surface area contributed by atoms with Crippen molar-refractivity contribution in [3.8, 4) is 0 Å². The van der Waals surface area contributed by atoms with Gasteiger partial charge in [-0.3, -0.25) is 0 Å². The number of anilines is 1. The topological polar surface area (TPSA) is 34.6 Å². The lowest BCUT2D eigenvalue weighted by molar-refractivity contribution is -0.161. The van der Waals surface area contributed by atoms with Crippen LogP contribution >= 0.6 is 11.6 Å². The van der Waals surface area contributed by atoms with E-state index in [1.54, 1.807) is 6.20 Å². The van der Waals surface area contributed by atoms with Gasteiger partial charge in [0.2, 0.25) is 0 Å². The van der Waals surface area contributed by atoms with Gasteiger partial charge in [0.15, 0.2) is 5.79 Å². The van der Waals surface area contributed by atoms with Gasteiger partial charge in [-0.2, -0.15) is 0 Å². The first-order valence-electron chi connectivity index (χ1n) is 5.92. The van der Waals surface area contributed by atoms with Crippen LogP contribution in [0.2, 0.25) is 5.02 Å². The first-order valence-corrected chi connectivity index (χ1v) is 6.30. The summed E-state index contributed by atoms with van der Waals surface area (Å²) < 4.78 is 11.5. The molecular weight excluding hydrogens is 240 g/mol. The van der Waals surface area contributed by atoms with Crippen LogP contribution in [0.3, 0.4) is 0 Å². The quantitative estimate of drug-likeness (QED) is 0.769. The van der Waals surface area contributed by atoms with Gasteiger partial charge in [0, 0.05) is 19.2 Å². The van der Waals surface area contributed by atoms with Gasteiger partial charge in [-0.05, 0) is 18.6 Å². The lowest BCUT2D eigenvalue weighted by Gasteiger charge is -2.39. The van der Waals surface area contributed by atoms with Crippen molar-refractivity contribution in [3.05, 3.63) is 23.4 Å². The Bertz CT molecular complexity index is 407. The van der Waals surface area contributed by atoms with Crippen molar-refractivity contribution in [1.29, 1.82) is 0 Å². The Morgan fingerprint density at radius 1 is 1.35 bits per heavy atom. The van der Waals surface area contributed by atoms with E-state index in [-0.39, 0.29) is 0 Å². The maximum absolute atomic E-state index is 6.17. The van der Waals surface area contributed by atoms with Crippen LogP contribution in [-0.4, -0.2) is 37.1 Å². The second-order valence-corrected chi connectivity index (χ2v) is 4.85. The SMILES string of the molecule is Clc1cccnc1N1CCCC2(C1)OCCO2. The molecule has 2 saturated heterocycles. The molecule has 4 nitrogen and oxygen atoms in total. The van der Waals surface area contributed by atoms with Gasteiger partial charge in [0.05, 0.1) is 24.8 Å². The molecule has 3 heterocycles. The highest BCUT2D eigenvalue weighted by molar-refractivity contribution is 6.32. The Balaban J connectivity index is 1.82. The van der Waals surface area contributed by atoms with E-state index in [2.05, 4.69) is 9.88 Å². The van der Waals surface area contributed by atoms with E-state index in [0.717, 1.165) is 25.2 Å². The zero-order chi connectivity index (χ0) is 11.7. The van der Waals surface area contributed by atoms with Crippen molar-refractivity contribution < 1.29 is 9.47 Å². The predicted octanol–water partition coefficient (Wildman–Crippen LogP) is 2.08. The number of nitrogens with zero attached hydrogens (tertiary/aromatic N) is 2. The molecule has 0 radical (unpaired) electrons. The summed E-state index contributed by atoms with van der Waals surface area (Å²) in [5.74, 6) is 0.395. The third kappa shape index (κ3) is 2.12. The second kappa shape index (κ2) is 4.44. The van der Waals surface area contributed by atoms with Crippen molar-refractivity contribution >= 4 is 17.4 Å². The minimum absolute atomic E-state index is 0.431. The number of hydrogen-bond donors (Lipinski definition) is 0. The maximum Gasteiger partial charge on any atom is 0.186 e. The monoisotopic (exact) mass is 254 g/mol. The number of aromatic nitrogens is 1. The fraction of sp³-hybridized carbons (Fsp3) is 0.583. The molecule has 1 aromatic rings. The van der Waals surface area contributed by atoms with Crippen molar-refractivity contribution in [3.63, 3.8) is 0 Å². The van der Waals surface area contributed by atoms with Crippen LogP contribution in [0.25, 0.3) is 0 Å². The fourth-order valence-electron chi connectivity index (χ4n) is 2.51. The molecule has 3 rings (SSSR count). The van der Waals surface area contributed by atoms with Gasteiger partial charge in [0.1, 0.15) is 5.82 Å². The molecule has 0 saturated carbocycles. The summed E-state index contributed by atoms with van der Waals surface area (Å²) in [6, 6.07) is 3.70. The number of hydrogen-bond acceptors (Lipinski definition) is 4. The zero-order valence-electron chi connectivity index (χ0n) is 9.56. The van der Waals surface area contributed by atoms with E-state index >= 15 is 0 Å². The molecule has 1 spiro atoms. The Kier molecular flexibility index (Phi) is 2.94. The summed E-state index contributed by atoms with van der Waals surface area (Å²) >= 11 is 6.17. The lowest BCUT2D eigenvalue weighted by Crippen LogP contribution is -2.49. The molecule has 0 aliphatic carbocycles. The van der Waals surface area contributed by atoms with Crippen molar-refractivity contribution in [2.45, 2.75) is 18.6 Å². The Morgan fingerprint density at radius 3 is 2.94 bits per heavy atom. The van der Waals surface area contributed by atoms with Gasteiger partial charge in [-0.1, -0.05) is 11.6 Å². The Labute approximate surface area is 105 Å². The third-order valence-corrected chi connectivity index (χ3v) is 3.56. The van der Waals surface area contributed by atoms with Gasteiger partial charge >= 0.3 is 0 Å². The summed E-state index contributed by atoms with van der Waals surface area (Å²) in [5.41, 5.74) is 0. The van der Waals surface area contributed by atoms with Crippen LogP contribution in [0, 0.1) is 0 Å². The van der Waals surface area contributed by atoms with Crippen molar-refractivity contribution in [2.75, 3.05) is 31.2 Å². The lowest BCUT2D eigenvalue weighted by atomic mass is 10.0. The molecule has 0 bridgehead atoms. The van der Waals surface area contributed by atoms with Crippen LogP contribution in [0.1, 0.15) is 12.8 Å². The predicted molar refractivity (Wildman–Crippen MR) is 65.3 cm³/mol. The number of halogens is 1. The number of pyridine rings is 1. The van der Waals surface area contributed by atoms with Crippen LogP contribution in [0.5, 0.6) is 0 Å². The Morgan fingerprint density at radius 2 is 2.18 bits per heavy atom. The molecule has 2 aliphatic rings. The fourth-order valence-corrected chi connectivity index (χ4v) is 2.75. The zero-order valence-corrected chi connectivity index (χ0v) is 10.3.